The van der Waals surface area contributed by atoms with Gasteiger partial charge in [0, 0.05) is 12.1 Å². The number of likely N-dealkylation sites (N-methyl/N-ethyl adjacent to an activating group) is 1. The van der Waals surface area contributed by atoms with Gasteiger partial charge in [-0.2, -0.15) is 0 Å². The van der Waals surface area contributed by atoms with Crippen molar-refractivity contribution in [2.75, 3.05) is 28.3 Å². The van der Waals surface area contributed by atoms with E-state index in [1.165, 1.54) is 12.1 Å². The number of hydrogen-bond acceptors (Lipinski definition) is 4. The highest BCUT2D eigenvalue weighted by Crippen LogP contribution is 2.30. The Morgan fingerprint density at radius 2 is 1.88 bits per heavy atom. The summed E-state index contributed by atoms with van der Waals surface area (Å²) in [5.41, 5.74) is 1.40. The number of ether oxygens (including phenoxy) is 2. The third-order valence-corrected chi connectivity index (χ3v) is 3.87. The van der Waals surface area contributed by atoms with Crippen molar-refractivity contribution < 1.29 is 18.7 Å². The molecule has 0 unspecified atom stereocenters. The lowest BCUT2D eigenvalue weighted by atomic mass is 10.0. The van der Waals surface area contributed by atoms with Crippen molar-refractivity contribution in [3.63, 3.8) is 0 Å². The number of methoxy groups -OCH3 is 2. The van der Waals surface area contributed by atoms with Crippen LogP contribution >= 0.6 is 0 Å². The molecule has 0 spiro atoms. The Morgan fingerprint density at radius 1 is 1.16 bits per heavy atom. The molecule has 0 aromatic heterocycles. The Morgan fingerprint density at radius 3 is 2.48 bits per heavy atom. The van der Waals surface area contributed by atoms with E-state index in [4.69, 9.17) is 9.47 Å². The molecule has 2 aromatic rings. The molecule has 134 valence electrons. The van der Waals surface area contributed by atoms with Crippen molar-refractivity contribution in [1.29, 1.82) is 0 Å². The highest BCUT2D eigenvalue weighted by atomic mass is 19.1. The number of rotatable bonds is 7. The summed E-state index contributed by atoms with van der Waals surface area (Å²) < 4.78 is 24.1. The van der Waals surface area contributed by atoms with Crippen molar-refractivity contribution in [1.82, 2.24) is 10.2 Å². The van der Waals surface area contributed by atoms with Gasteiger partial charge in [-0.3, -0.25) is 9.69 Å². The van der Waals surface area contributed by atoms with Crippen LogP contribution in [0, 0.1) is 5.82 Å². The average Bonchev–Trinajstić information content (AvgIpc) is 2.59. The second-order valence-electron chi connectivity index (χ2n) is 5.79. The summed E-state index contributed by atoms with van der Waals surface area (Å²) in [5, 5.41) is 2.89. The fourth-order valence-electron chi connectivity index (χ4n) is 2.73. The summed E-state index contributed by atoms with van der Waals surface area (Å²) in [5.74, 6) is 0.591. The van der Waals surface area contributed by atoms with Crippen LogP contribution in [-0.2, 0) is 11.3 Å². The first-order chi connectivity index (χ1) is 12.0. The van der Waals surface area contributed by atoms with E-state index in [2.05, 4.69) is 5.32 Å². The number of carbonyl (C=O) groups excluding carboxylic acids is 1. The fourth-order valence-corrected chi connectivity index (χ4v) is 2.73. The first kappa shape index (κ1) is 18.7. The Hall–Kier alpha value is -2.60. The van der Waals surface area contributed by atoms with Gasteiger partial charge >= 0.3 is 0 Å². The van der Waals surface area contributed by atoms with Crippen molar-refractivity contribution in [3.8, 4) is 11.5 Å². The largest absolute Gasteiger partial charge is 0.493 e. The lowest BCUT2D eigenvalue weighted by Gasteiger charge is -2.24. The van der Waals surface area contributed by atoms with Gasteiger partial charge in [-0.15, -0.1) is 0 Å². The van der Waals surface area contributed by atoms with Gasteiger partial charge in [0.2, 0.25) is 5.91 Å². The van der Waals surface area contributed by atoms with E-state index < -0.39 is 6.04 Å². The molecule has 0 radical (unpaired) electrons. The number of carbonyl (C=O) groups is 1. The Bertz CT molecular complexity index is 734. The molecule has 0 aliphatic carbocycles. The zero-order chi connectivity index (χ0) is 18.4. The monoisotopic (exact) mass is 346 g/mol. The molecular weight excluding hydrogens is 323 g/mol. The number of para-hydroxylation sites is 1. The van der Waals surface area contributed by atoms with Gasteiger partial charge in [-0.25, -0.2) is 4.39 Å². The molecule has 0 saturated heterocycles. The first-order valence-electron chi connectivity index (χ1n) is 7.87. The predicted molar refractivity (Wildman–Crippen MR) is 94.2 cm³/mol. The third-order valence-electron chi connectivity index (χ3n) is 3.87. The number of benzene rings is 2. The Labute approximate surface area is 147 Å². The lowest BCUT2D eigenvalue weighted by Crippen LogP contribution is -2.36. The summed E-state index contributed by atoms with van der Waals surface area (Å²) in [6, 6.07) is 10.9. The van der Waals surface area contributed by atoms with Crippen molar-refractivity contribution in [3.05, 3.63) is 59.4 Å². The number of hydrogen-bond donors (Lipinski definition) is 1. The molecule has 0 aliphatic heterocycles. The standard InChI is InChI=1S/C19H23FN2O3/c1-22(2)17(13-7-5-9-15(20)11-13)19(23)21-12-14-8-6-10-16(24-3)18(14)25-4/h5-11,17H,12H2,1-4H3,(H,21,23)/t17-/m1/s1. The minimum atomic E-state index is -0.590. The number of amides is 1. The molecule has 0 heterocycles. The molecule has 1 N–H and O–H groups in total. The summed E-state index contributed by atoms with van der Waals surface area (Å²) in [6.45, 7) is 0.277. The van der Waals surface area contributed by atoms with Gasteiger partial charge in [-0.05, 0) is 37.9 Å². The lowest BCUT2D eigenvalue weighted by molar-refractivity contribution is -0.125. The smallest absolute Gasteiger partial charge is 0.242 e. The van der Waals surface area contributed by atoms with Crippen molar-refractivity contribution in [2.24, 2.45) is 0 Å². The Kier molecular flexibility index (Phi) is 6.36. The Balaban J connectivity index is 2.18. The summed E-state index contributed by atoms with van der Waals surface area (Å²) >= 11 is 0. The molecule has 0 saturated carbocycles. The zero-order valence-electron chi connectivity index (χ0n) is 14.9. The summed E-state index contributed by atoms with van der Waals surface area (Å²) in [7, 11) is 6.67. The van der Waals surface area contributed by atoms with Crippen LogP contribution in [0.1, 0.15) is 17.2 Å². The van der Waals surface area contributed by atoms with Gasteiger partial charge in [0.25, 0.3) is 0 Å². The SMILES string of the molecule is COc1cccc(CNC(=O)[C@@H](c2cccc(F)c2)N(C)C)c1OC. The molecule has 0 aliphatic rings. The van der Waals surface area contributed by atoms with E-state index in [0.717, 1.165) is 5.56 Å². The van der Waals surface area contributed by atoms with E-state index >= 15 is 0 Å². The highest BCUT2D eigenvalue weighted by Gasteiger charge is 2.23. The molecule has 25 heavy (non-hydrogen) atoms. The predicted octanol–water partition coefficient (Wildman–Crippen LogP) is 2.76. The molecule has 6 heteroatoms. The molecule has 1 atom stereocenters. The molecule has 2 aromatic carbocycles. The highest BCUT2D eigenvalue weighted by molar-refractivity contribution is 5.83. The van der Waals surface area contributed by atoms with Crippen LogP contribution in [0.15, 0.2) is 42.5 Å². The average molecular weight is 346 g/mol. The van der Waals surface area contributed by atoms with Crippen LogP contribution in [-0.4, -0.2) is 39.1 Å². The van der Waals surface area contributed by atoms with Crippen LogP contribution < -0.4 is 14.8 Å². The minimum Gasteiger partial charge on any atom is -0.493 e. The maximum absolute atomic E-state index is 13.5. The minimum absolute atomic E-state index is 0.222. The zero-order valence-corrected chi connectivity index (χ0v) is 14.9. The number of halogens is 1. The van der Waals surface area contributed by atoms with Gasteiger partial charge in [0.15, 0.2) is 11.5 Å². The topological polar surface area (TPSA) is 50.8 Å². The second-order valence-corrected chi connectivity index (χ2v) is 5.79. The van der Waals surface area contributed by atoms with Crippen LogP contribution in [0.3, 0.4) is 0 Å². The third kappa shape index (κ3) is 4.48. The first-order valence-corrected chi connectivity index (χ1v) is 7.87. The van der Waals surface area contributed by atoms with Crippen molar-refractivity contribution in [2.45, 2.75) is 12.6 Å². The summed E-state index contributed by atoms with van der Waals surface area (Å²) in [6.07, 6.45) is 0. The summed E-state index contributed by atoms with van der Waals surface area (Å²) in [4.78, 5) is 14.4. The maximum atomic E-state index is 13.5. The quantitative estimate of drug-likeness (QED) is 0.838. The van der Waals surface area contributed by atoms with Gasteiger partial charge < -0.3 is 14.8 Å². The van der Waals surface area contributed by atoms with Crippen LogP contribution in [0.2, 0.25) is 0 Å². The molecule has 0 bridgehead atoms. The van der Waals surface area contributed by atoms with Gasteiger partial charge in [0.05, 0.1) is 14.2 Å². The van der Waals surface area contributed by atoms with Crippen LogP contribution in [0.4, 0.5) is 4.39 Å². The van der Waals surface area contributed by atoms with E-state index in [-0.39, 0.29) is 18.3 Å². The van der Waals surface area contributed by atoms with E-state index in [1.54, 1.807) is 51.4 Å². The van der Waals surface area contributed by atoms with E-state index in [0.29, 0.717) is 17.1 Å². The molecule has 1 amide bonds. The normalized spacial score (nSPS) is 11.9. The molecular formula is C19H23FN2O3. The number of nitrogens with one attached hydrogen (secondary N) is 1. The van der Waals surface area contributed by atoms with Crippen LogP contribution in [0.25, 0.3) is 0 Å². The van der Waals surface area contributed by atoms with Crippen LogP contribution in [0.5, 0.6) is 11.5 Å². The van der Waals surface area contributed by atoms with Gasteiger partial charge in [-0.1, -0.05) is 24.3 Å². The molecule has 5 nitrogen and oxygen atoms in total. The molecule has 2 rings (SSSR count). The van der Waals surface area contributed by atoms with Crippen molar-refractivity contribution >= 4 is 5.91 Å². The second kappa shape index (κ2) is 8.48. The number of nitrogens with zero attached hydrogens (tertiary/aromatic N) is 1. The van der Waals surface area contributed by atoms with E-state index in [1.807, 2.05) is 12.1 Å². The van der Waals surface area contributed by atoms with Gasteiger partial charge in [0.1, 0.15) is 11.9 Å². The maximum Gasteiger partial charge on any atom is 0.242 e. The van der Waals surface area contributed by atoms with E-state index in [9.17, 15) is 9.18 Å². The molecule has 0 fully saturated rings. The fraction of sp³-hybridized carbons (Fsp3) is 0.316.